The molecular formula is C9H11N2O14P3S-4. The van der Waals surface area contributed by atoms with Gasteiger partial charge in [-0.3, -0.25) is 23.0 Å². The van der Waals surface area contributed by atoms with Gasteiger partial charge in [-0.15, -0.1) is 0 Å². The summed E-state index contributed by atoms with van der Waals surface area (Å²) in [5.74, 6) is 0. The molecule has 3 N–H and O–H groups in total. The van der Waals surface area contributed by atoms with Crippen molar-refractivity contribution in [3.8, 4) is 0 Å². The Morgan fingerprint density at radius 3 is 2.31 bits per heavy atom. The molecule has 1 aromatic heterocycles. The van der Waals surface area contributed by atoms with Crippen molar-refractivity contribution in [2.24, 2.45) is 0 Å². The highest BCUT2D eigenvalue weighted by atomic mass is 32.1. The molecule has 1 aromatic rings. The van der Waals surface area contributed by atoms with Gasteiger partial charge < -0.3 is 43.6 Å². The second-order valence-corrected chi connectivity index (χ2v) is 10.1. The molecule has 20 heteroatoms. The maximum absolute atomic E-state index is 11.8. The van der Waals surface area contributed by atoms with E-state index in [1.54, 1.807) is 0 Å². The van der Waals surface area contributed by atoms with Crippen LogP contribution >= 0.6 is 35.7 Å². The molecule has 0 spiro atoms. The Bertz CT molecular complexity index is 1000. The minimum absolute atomic E-state index is 0.0635. The smallest absolute Gasteiger partial charge is 0.328 e. The molecule has 166 valence electrons. The number of aliphatic hydroxyl groups excluding tert-OH is 2. The standard InChI is InChI=1S/C9H15N2O14P3S/c12-6-4(3-22-27(18,19)25-28(20,21)24-26(15,16)17)23-8(7(6)13)11-2-1-5(29)10-9(11)14/h1-2,4,6-8,12-13H,3H2,(H,18,19)(H,20,21)(H,10,14,29)(H2,15,16,17)/p-4/t4-,6?,7+,8-/m1/s1. The normalized spacial score (nSPS) is 29.3. The van der Waals surface area contributed by atoms with Crippen molar-refractivity contribution in [2.75, 3.05) is 6.61 Å². The Morgan fingerprint density at radius 2 is 1.76 bits per heavy atom. The molecule has 0 radical (unpaired) electrons. The average Bonchev–Trinajstić information content (AvgIpc) is 2.78. The van der Waals surface area contributed by atoms with E-state index in [-0.39, 0.29) is 4.64 Å². The van der Waals surface area contributed by atoms with Gasteiger partial charge in [0.2, 0.25) is 0 Å². The van der Waals surface area contributed by atoms with Gasteiger partial charge in [-0.1, -0.05) is 12.2 Å². The van der Waals surface area contributed by atoms with E-state index in [2.05, 4.69) is 18.1 Å². The number of aromatic amines is 1. The molecule has 0 aliphatic carbocycles. The van der Waals surface area contributed by atoms with Crippen LogP contribution < -0.4 is 25.3 Å². The number of phosphoric ester groups is 1. The molecule has 0 saturated carbocycles. The van der Waals surface area contributed by atoms with Crippen molar-refractivity contribution in [2.45, 2.75) is 24.5 Å². The third kappa shape index (κ3) is 6.95. The first kappa shape index (κ1) is 24.7. The van der Waals surface area contributed by atoms with Gasteiger partial charge in [0.15, 0.2) is 6.23 Å². The number of ether oxygens (including phenoxy) is 1. The summed E-state index contributed by atoms with van der Waals surface area (Å²) in [6, 6.07) is 1.26. The maximum Gasteiger partial charge on any atom is 0.328 e. The fourth-order valence-corrected chi connectivity index (χ4v) is 5.19. The fraction of sp³-hybridized carbons (Fsp3) is 0.556. The average molecular weight is 496 g/mol. The van der Waals surface area contributed by atoms with Gasteiger partial charge in [0, 0.05) is 6.20 Å². The minimum atomic E-state index is -6.15. The van der Waals surface area contributed by atoms with Crippen LogP contribution in [0.5, 0.6) is 0 Å². The monoisotopic (exact) mass is 496 g/mol. The lowest BCUT2D eigenvalue weighted by Crippen LogP contribution is -2.36. The molecule has 16 nitrogen and oxygen atoms in total. The summed E-state index contributed by atoms with van der Waals surface area (Å²) >= 11 is 4.73. The first-order valence-corrected chi connectivity index (χ1v) is 11.9. The van der Waals surface area contributed by atoms with Crippen LogP contribution in [0.2, 0.25) is 0 Å². The molecule has 1 fully saturated rings. The van der Waals surface area contributed by atoms with E-state index in [1.165, 1.54) is 6.07 Å². The Morgan fingerprint density at radius 1 is 1.14 bits per heavy atom. The number of nitrogens with zero attached hydrogens (tertiary/aromatic N) is 1. The molecule has 2 heterocycles. The SMILES string of the molecule is O=c1[nH]c(=S)ccn1[C@@H]1O[C@H](COP(=O)([O-])OP(=O)([O-])OP(=O)([O-])[O-])C(O)[C@@H]1O. The quantitative estimate of drug-likeness (QED) is 0.231. The second kappa shape index (κ2) is 8.86. The van der Waals surface area contributed by atoms with Crippen LogP contribution in [-0.4, -0.2) is 44.7 Å². The summed E-state index contributed by atoms with van der Waals surface area (Å²) in [7, 11) is -18.1. The van der Waals surface area contributed by atoms with Crippen LogP contribution in [0.25, 0.3) is 0 Å². The van der Waals surface area contributed by atoms with Crippen molar-refractivity contribution in [1.29, 1.82) is 0 Å². The van der Waals surface area contributed by atoms with E-state index >= 15 is 0 Å². The molecule has 1 aliphatic heterocycles. The topological polar surface area (TPSA) is 259 Å². The molecule has 2 rings (SSSR count). The summed E-state index contributed by atoms with van der Waals surface area (Å²) in [6.45, 7) is -1.13. The highest BCUT2D eigenvalue weighted by Crippen LogP contribution is 2.60. The van der Waals surface area contributed by atoms with Crippen LogP contribution in [0, 0.1) is 4.64 Å². The summed E-state index contributed by atoms with van der Waals surface area (Å²) in [5.41, 5.74) is -0.822. The number of nitrogens with one attached hydrogen (secondary N) is 1. The predicted molar refractivity (Wildman–Crippen MR) is 82.8 cm³/mol. The van der Waals surface area contributed by atoms with Gasteiger partial charge >= 0.3 is 5.69 Å². The zero-order valence-electron chi connectivity index (χ0n) is 13.7. The van der Waals surface area contributed by atoms with Gasteiger partial charge in [0.05, 0.1) is 14.4 Å². The molecule has 0 bridgehead atoms. The maximum atomic E-state index is 11.8. The van der Waals surface area contributed by atoms with Gasteiger partial charge in [-0.25, -0.2) is 9.11 Å². The summed E-state index contributed by atoms with van der Waals surface area (Å²) < 4.78 is 49.3. The van der Waals surface area contributed by atoms with E-state index in [1.807, 2.05) is 0 Å². The highest BCUT2D eigenvalue weighted by molar-refractivity contribution is 7.71. The van der Waals surface area contributed by atoms with Gasteiger partial charge in [-0.05, 0) is 6.07 Å². The molecule has 1 aliphatic rings. The number of phosphoric acid groups is 3. The Hall–Kier alpha value is -0.610. The Labute approximate surface area is 165 Å². The van der Waals surface area contributed by atoms with Crippen LogP contribution in [-0.2, 0) is 31.6 Å². The van der Waals surface area contributed by atoms with E-state index in [0.29, 0.717) is 0 Å². The molecule has 1 saturated heterocycles. The van der Waals surface area contributed by atoms with Crippen molar-refractivity contribution < 1.29 is 61.4 Å². The van der Waals surface area contributed by atoms with Crippen molar-refractivity contribution in [3.05, 3.63) is 27.4 Å². The van der Waals surface area contributed by atoms with Crippen LogP contribution in [0.1, 0.15) is 6.23 Å². The third-order valence-corrected chi connectivity index (χ3v) is 7.16. The summed E-state index contributed by atoms with van der Waals surface area (Å²) in [5, 5.41) is 19.9. The zero-order chi connectivity index (χ0) is 22.2. The molecular weight excluding hydrogens is 485 g/mol. The summed E-state index contributed by atoms with van der Waals surface area (Å²) in [6.07, 6.45) is -5.51. The van der Waals surface area contributed by atoms with Gasteiger partial charge in [0.1, 0.15) is 23.0 Å². The van der Waals surface area contributed by atoms with Crippen LogP contribution in [0.15, 0.2) is 17.1 Å². The second-order valence-electron chi connectivity index (χ2n) is 5.36. The van der Waals surface area contributed by atoms with Crippen molar-refractivity contribution >= 4 is 35.7 Å². The predicted octanol–water partition coefficient (Wildman–Crippen LogP) is -3.66. The van der Waals surface area contributed by atoms with Crippen LogP contribution in [0.3, 0.4) is 0 Å². The van der Waals surface area contributed by atoms with Gasteiger partial charge in [-0.2, -0.15) is 0 Å². The number of hydrogen-bond donors (Lipinski definition) is 3. The first-order valence-electron chi connectivity index (χ1n) is 7.15. The van der Waals surface area contributed by atoms with E-state index in [9.17, 15) is 48.3 Å². The molecule has 3 unspecified atom stereocenters. The van der Waals surface area contributed by atoms with E-state index in [0.717, 1.165) is 10.8 Å². The highest BCUT2D eigenvalue weighted by Gasteiger charge is 2.44. The Balaban J connectivity index is 2.06. The Kier molecular flexibility index (Phi) is 7.54. The lowest BCUT2D eigenvalue weighted by atomic mass is 10.1. The van der Waals surface area contributed by atoms with E-state index in [4.69, 9.17) is 17.0 Å². The van der Waals surface area contributed by atoms with Crippen molar-refractivity contribution in [3.63, 3.8) is 0 Å². The lowest BCUT2D eigenvalue weighted by molar-refractivity contribution is -0.339. The van der Waals surface area contributed by atoms with E-state index < -0.39 is 60.3 Å². The number of aliphatic hydroxyl groups is 2. The zero-order valence-corrected chi connectivity index (χ0v) is 17.2. The number of hydrogen-bond acceptors (Lipinski definition) is 15. The minimum Gasteiger partial charge on any atom is -0.790 e. The number of rotatable bonds is 8. The first-order chi connectivity index (χ1) is 13.1. The molecule has 29 heavy (non-hydrogen) atoms. The molecule has 0 aromatic carbocycles. The number of aromatic nitrogens is 2. The molecule has 0 amide bonds. The summed E-state index contributed by atoms with van der Waals surface area (Å²) in [4.78, 5) is 57.1. The number of H-pyrrole nitrogens is 1. The largest absolute Gasteiger partial charge is 0.790 e. The fourth-order valence-electron chi connectivity index (χ4n) is 2.17. The van der Waals surface area contributed by atoms with Crippen LogP contribution in [0.4, 0.5) is 0 Å². The lowest BCUT2D eigenvalue weighted by Gasteiger charge is -2.37. The third-order valence-electron chi connectivity index (χ3n) is 3.26. The van der Waals surface area contributed by atoms with Crippen molar-refractivity contribution in [1.82, 2.24) is 9.55 Å². The molecule has 6 atom stereocenters. The van der Waals surface area contributed by atoms with Gasteiger partial charge in [0.25, 0.3) is 15.6 Å².